The number of aromatic nitrogens is 1. The zero-order chi connectivity index (χ0) is 12.6. The van der Waals surface area contributed by atoms with Crippen LogP contribution < -0.4 is 5.32 Å². The molecule has 0 bridgehead atoms. The lowest BCUT2D eigenvalue weighted by Gasteiger charge is -2.23. The molecule has 1 heterocycles. The first kappa shape index (κ1) is 16.8. The van der Waals surface area contributed by atoms with Gasteiger partial charge >= 0.3 is 0 Å². The van der Waals surface area contributed by atoms with E-state index in [0.29, 0.717) is 12.6 Å². The van der Waals surface area contributed by atoms with Crippen LogP contribution in [0, 0.1) is 0 Å². The van der Waals surface area contributed by atoms with Crippen molar-refractivity contribution >= 4 is 40.9 Å². The topological polar surface area (TPSA) is 37.3 Å². The molecule has 1 aromatic rings. The van der Waals surface area contributed by atoms with E-state index in [4.69, 9.17) is 0 Å². The van der Waals surface area contributed by atoms with Crippen molar-refractivity contribution in [2.75, 3.05) is 6.26 Å². The summed E-state index contributed by atoms with van der Waals surface area (Å²) in [4.78, 5) is 8.90. The Morgan fingerprint density at radius 3 is 2.79 bits per heavy atom. The van der Waals surface area contributed by atoms with E-state index in [-0.39, 0.29) is 24.0 Å². The van der Waals surface area contributed by atoms with Crippen molar-refractivity contribution in [2.45, 2.75) is 44.7 Å². The number of rotatable bonds is 3. The van der Waals surface area contributed by atoms with Gasteiger partial charge in [0.1, 0.15) is 0 Å². The number of hydrogen-bond acceptors (Lipinski definition) is 3. The van der Waals surface area contributed by atoms with Crippen LogP contribution in [-0.4, -0.2) is 22.4 Å². The zero-order valence-electron chi connectivity index (χ0n) is 11.3. The van der Waals surface area contributed by atoms with Crippen molar-refractivity contribution < 1.29 is 0 Å². The molecular weight excluding hydrogens is 369 g/mol. The average molecular weight is 391 g/mol. The van der Waals surface area contributed by atoms with Crippen LogP contribution in [0.3, 0.4) is 0 Å². The van der Waals surface area contributed by atoms with Gasteiger partial charge in [-0.05, 0) is 31.2 Å². The maximum atomic E-state index is 4.61. The monoisotopic (exact) mass is 391 g/mol. The van der Waals surface area contributed by atoms with E-state index >= 15 is 0 Å². The Bertz CT molecular complexity index is 378. The van der Waals surface area contributed by atoms with Crippen molar-refractivity contribution in [3.05, 3.63) is 30.1 Å². The predicted octanol–water partition coefficient (Wildman–Crippen LogP) is 3.84. The quantitative estimate of drug-likeness (QED) is 0.483. The highest BCUT2D eigenvalue weighted by Gasteiger charge is 2.14. The van der Waals surface area contributed by atoms with Gasteiger partial charge < -0.3 is 5.32 Å². The fraction of sp³-hybridized carbons (Fsp3) is 0.571. The maximum Gasteiger partial charge on any atom is 0.156 e. The van der Waals surface area contributed by atoms with Crippen LogP contribution in [0.15, 0.2) is 29.4 Å². The third-order valence-corrected chi connectivity index (χ3v) is 3.87. The van der Waals surface area contributed by atoms with Crippen molar-refractivity contribution in [2.24, 2.45) is 4.99 Å². The second-order valence-electron chi connectivity index (χ2n) is 4.63. The summed E-state index contributed by atoms with van der Waals surface area (Å²) < 4.78 is 0. The summed E-state index contributed by atoms with van der Waals surface area (Å²) in [5.74, 6) is 0. The van der Waals surface area contributed by atoms with E-state index in [0.717, 1.165) is 10.9 Å². The highest BCUT2D eigenvalue weighted by atomic mass is 127. The van der Waals surface area contributed by atoms with Gasteiger partial charge in [0, 0.05) is 12.2 Å². The summed E-state index contributed by atoms with van der Waals surface area (Å²) in [5, 5.41) is 4.61. The Morgan fingerprint density at radius 2 is 2.16 bits per heavy atom. The van der Waals surface area contributed by atoms with Crippen LogP contribution in [0.2, 0.25) is 0 Å². The van der Waals surface area contributed by atoms with Gasteiger partial charge in [-0.2, -0.15) is 0 Å². The maximum absolute atomic E-state index is 4.61. The smallest absolute Gasteiger partial charge is 0.156 e. The molecule has 1 fully saturated rings. The summed E-state index contributed by atoms with van der Waals surface area (Å²) in [6.07, 6.45) is 10.5. The molecule has 0 atom stereocenters. The largest absolute Gasteiger partial charge is 0.362 e. The third kappa shape index (κ3) is 6.12. The van der Waals surface area contributed by atoms with Crippen LogP contribution in [0.25, 0.3) is 0 Å². The second-order valence-corrected chi connectivity index (χ2v) is 5.42. The molecule has 19 heavy (non-hydrogen) atoms. The van der Waals surface area contributed by atoms with E-state index in [9.17, 15) is 0 Å². The van der Waals surface area contributed by atoms with Gasteiger partial charge in [0.2, 0.25) is 0 Å². The Morgan fingerprint density at radius 1 is 1.37 bits per heavy atom. The first-order chi connectivity index (χ1) is 8.88. The Kier molecular flexibility index (Phi) is 8.45. The van der Waals surface area contributed by atoms with Crippen molar-refractivity contribution in [3.63, 3.8) is 0 Å². The Hall–Kier alpha value is -0.300. The zero-order valence-corrected chi connectivity index (χ0v) is 14.5. The minimum Gasteiger partial charge on any atom is -0.362 e. The van der Waals surface area contributed by atoms with Crippen molar-refractivity contribution in [3.8, 4) is 0 Å². The highest BCUT2D eigenvalue weighted by Crippen LogP contribution is 2.18. The molecule has 5 heteroatoms. The first-order valence-corrected chi connectivity index (χ1v) is 7.86. The van der Waals surface area contributed by atoms with Gasteiger partial charge in [0.05, 0.1) is 12.2 Å². The molecule has 1 aliphatic rings. The molecule has 0 spiro atoms. The van der Waals surface area contributed by atoms with Gasteiger partial charge in [-0.1, -0.05) is 37.1 Å². The minimum absolute atomic E-state index is 0. The molecule has 0 saturated heterocycles. The highest BCUT2D eigenvalue weighted by molar-refractivity contribution is 14.0. The number of nitrogens with zero attached hydrogens (tertiary/aromatic N) is 2. The summed E-state index contributed by atoms with van der Waals surface area (Å²) >= 11 is 1.69. The molecule has 2 rings (SSSR count). The number of hydrogen-bond donors (Lipinski definition) is 1. The first-order valence-electron chi connectivity index (χ1n) is 6.63. The molecule has 106 valence electrons. The van der Waals surface area contributed by atoms with E-state index < -0.39 is 0 Å². The minimum atomic E-state index is 0. The summed E-state index contributed by atoms with van der Waals surface area (Å²) in [5.41, 5.74) is 1.02. The molecular formula is C14H22IN3S. The Labute approximate surface area is 137 Å². The van der Waals surface area contributed by atoms with Crippen molar-refractivity contribution in [1.82, 2.24) is 10.3 Å². The molecule has 1 saturated carbocycles. The van der Waals surface area contributed by atoms with Crippen LogP contribution in [0.1, 0.15) is 37.8 Å². The lowest BCUT2D eigenvalue weighted by Crippen LogP contribution is -2.34. The molecule has 1 aliphatic carbocycles. The molecule has 1 N–H and O–H groups in total. The van der Waals surface area contributed by atoms with E-state index in [1.165, 1.54) is 32.1 Å². The number of nitrogens with one attached hydrogen (secondary N) is 1. The second kappa shape index (κ2) is 9.58. The molecule has 3 nitrogen and oxygen atoms in total. The average Bonchev–Trinajstić information content (AvgIpc) is 2.45. The predicted molar refractivity (Wildman–Crippen MR) is 94.3 cm³/mol. The van der Waals surface area contributed by atoms with Gasteiger partial charge in [-0.3, -0.25) is 9.98 Å². The van der Waals surface area contributed by atoms with Crippen LogP contribution >= 0.6 is 35.7 Å². The normalized spacial score (nSPS) is 16.8. The molecule has 1 aromatic heterocycles. The lowest BCUT2D eigenvalue weighted by atomic mass is 9.96. The number of aliphatic imine (C=N–C) groups is 1. The Balaban J connectivity index is 0.00000180. The fourth-order valence-corrected chi connectivity index (χ4v) is 2.71. The summed E-state index contributed by atoms with van der Waals surface area (Å²) in [7, 11) is 0. The standard InChI is InChI=1S/C14H21N3S.HI/c1-18-14(17-12-7-3-2-4-8-12)16-11-13-9-5-6-10-15-13;/h5-6,9-10,12H,2-4,7-8,11H2,1H3,(H,16,17);1H. The molecule has 0 aromatic carbocycles. The summed E-state index contributed by atoms with van der Waals surface area (Å²) in [6.45, 7) is 0.663. The molecule has 0 unspecified atom stereocenters. The number of halogens is 1. The van der Waals surface area contributed by atoms with E-state index in [2.05, 4.69) is 21.5 Å². The third-order valence-electron chi connectivity index (χ3n) is 3.24. The van der Waals surface area contributed by atoms with Gasteiger partial charge in [0.25, 0.3) is 0 Å². The number of amidine groups is 1. The molecule has 0 radical (unpaired) electrons. The van der Waals surface area contributed by atoms with E-state index in [1.54, 1.807) is 11.8 Å². The summed E-state index contributed by atoms with van der Waals surface area (Å²) in [6, 6.07) is 6.57. The van der Waals surface area contributed by atoms with Gasteiger partial charge in [0.15, 0.2) is 5.17 Å². The molecule has 0 amide bonds. The van der Waals surface area contributed by atoms with Crippen LogP contribution in [0.5, 0.6) is 0 Å². The lowest BCUT2D eigenvalue weighted by molar-refractivity contribution is 0.415. The van der Waals surface area contributed by atoms with Crippen molar-refractivity contribution in [1.29, 1.82) is 0 Å². The van der Waals surface area contributed by atoms with E-state index in [1.807, 2.05) is 24.4 Å². The molecule has 0 aliphatic heterocycles. The number of thioether (sulfide) groups is 1. The SMILES string of the molecule is CSC(=NCc1ccccn1)NC1CCCCC1.I. The van der Waals surface area contributed by atoms with Crippen LogP contribution in [-0.2, 0) is 6.54 Å². The van der Waals surface area contributed by atoms with Gasteiger partial charge in [-0.25, -0.2) is 0 Å². The van der Waals surface area contributed by atoms with Crippen LogP contribution in [0.4, 0.5) is 0 Å². The number of pyridine rings is 1. The fourth-order valence-electron chi connectivity index (χ4n) is 2.24. The van der Waals surface area contributed by atoms with Gasteiger partial charge in [-0.15, -0.1) is 24.0 Å².